The summed E-state index contributed by atoms with van der Waals surface area (Å²) in [6.45, 7) is 1.98. The van der Waals surface area contributed by atoms with Crippen molar-refractivity contribution in [2.45, 2.75) is 19.2 Å². The summed E-state index contributed by atoms with van der Waals surface area (Å²) in [4.78, 5) is 0. The zero-order valence-electron chi connectivity index (χ0n) is 14.2. The average molecular weight is 474 g/mol. The summed E-state index contributed by atoms with van der Waals surface area (Å²) in [6.07, 6.45) is -0.320. The molecule has 4 aromatic rings. The van der Waals surface area contributed by atoms with Gasteiger partial charge in [-0.1, -0.05) is 50.1 Å². The maximum Gasteiger partial charge on any atom is 0.191 e. The van der Waals surface area contributed by atoms with Crippen molar-refractivity contribution in [1.29, 1.82) is 0 Å². The minimum absolute atomic E-state index is 0.193. The third-order valence-electron chi connectivity index (χ3n) is 4.43. The molecule has 0 amide bonds. The number of halogens is 2. The van der Waals surface area contributed by atoms with E-state index >= 15 is 0 Å². The van der Waals surface area contributed by atoms with Crippen LogP contribution >= 0.6 is 31.9 Å². The molecule has 2 N–H and O–H groups in total. The molecular formula is C21H18Br2N2O. The lowest BCUT2D eigenvalue weighted by Gasteiger charge is -2.26. The SMILES string of the molecule is CC(N)C(Oc1ccccc1)n1c2ccc(Br)cc2c2cc(Br)ccc21. The van der Waals surface area contributed by atoms with E-state index in [1.165, 1.54) is 0 Å². The van der Waals surface area contributed by atoms with Crippen LogP contribution in [0.15, 0.2) is 75.7 Å². The maximum absolute atomic E-state index is 6.35. The van der Waals surface area contributed by atoms with E-state index in [9.17, 15) is 0 Å². The lowest BCUT2D eigenvalue weighted by Crippen LogP contribution is -2.33. The Hall–Kier alpha value is -1.82. The molecule has 0 aliphatic rings. The molecule has 0 saturated carbocycles. The van der Waals surface area contributed by atoms with Gasteiger partial charge in [-0.2, -0.15) is 0 Å². The lowest BCUT2D eigenvalue weighted by molar-refractivity contribution is 0.117. The van der Waals surface area contributed by atoms with Gasteiger partial charge in [-0.15, -0.1) is 0 Å². The van der Waals surface area contributed by atoms with Gasteiger partial charge in [0.15, 0.2) is 6.23 Å². The van der Waals surface area contributed by atoms with Crippen molar-refractivity contribution in [3.8, 4) is 5.75 Å². The van der Waals surface area contributed by atoms with Gasteiger partial charge in [0.25, 0.3) is 0 Å². The largest absolute Gasteiger partial charge is 0.469 e. The number of hydrogen-bond acceptors (Lipinski definition) is 2. The highest BCUT2D eigenvalue weighted by Crippen LogP contribution is 2.36. The summed E-state index contributed by atoms with van der Waals surface area (Å²) in [5.74, 6) is 0.805. The second kappa shape index (κ2) is 7.06. The monoisotopic (exact) mass is 472 g/mol. The van der Waals surface area contributed by atoms with Crippen molar-refractivity contribution in [3.63, 3.8) is 0 Å². The minimum atomic E-state index is -0.320. The first kappa shape index (κ1) is 17.6. The zero-order valence-corrected chi connectivity index (χ0v) is 17.4. The predicted molar refractivity (Wildman–Crippen MR) is 115 cm³/mol. The third kappa shape index (κ3) is 3.15. The predicted octanol–water partition coefficient (Wildman–Crippen LogP) is 6.24. The van der Waals surface area contributed by atoms with Gasteiger partial charge in [0, 0.05) is 19.7 Å². The highest BCUT2D eigenvalue weighted by molar-refractivity contribution is 9.10. The molecule has 3 nitrogen and oxygen atoms in total. The molecule has 0 bridgehead atoms. The molecule has 5 heteroatoms. The van der Waals surface area contributed by atoms with Crippen molar-refractivity contribution in [2.24, 2.45) is 5.73 Å². The van der Waals surface area contributed by atoms with Crippen LogP contribution in [0.25, 0.3) is 21.8 Å². The number of ether oxygens (including phenoxy) is 1. The van der Waals surface area contributed by atoms with Crippen LogP contribution < -0.4 is 10.5 Å². The highest BCUT2D eigenvalue weighted by atomic mass is 79.9. The summed E-state index contributed by atoms with van der Waals surface area (Å²) in [5.41, 5.74) is 8.55. The van der Waals surface area contributed by atoms with E-state index in [0.717, 1.165) is 36.5 Å². The average Bonchev–Trinajstić information content (AvgIpc) is 2.93. The molecule has 1 aromatic heterocycles. The van der Waals surface area contributed by atoms with Crippen LogP contribution in [-0.2, 0) is 0 Å². The Kier molecular flexibility index (Phi) is 4.78. The normalized spacial score (nSPS) is 13.8. The maximum atomic E-state index is 6.35. The number of para-hydroxylation sites is 1. The van der Waals surface area contributed by atoms with E-state index in [0.29, 0.717) is 0 Å². The van der Waals surface area contributed by atoms with Crippen LogP contribution in [0, 0.1) is 0 Å². The standard InChI is InChI=1S/C21H18Br2N2O/c1-13(24)21(26-16-5-3-2-4-6-16)25-19-9-7-14(22)11-17(19)18-12-15(23)8-10-20(18)25/h2-13,21H,24H2,1H3. The molecule has 2 unspecified atom stereocenters. The Labute approximate surface area is 169 Å². The van der Waals surface area contributed by atoms with Gasteiger partial charge >= 0.3 is 0 Å². The number of hydrogen-bond donors (Lipinski definition) is 1. The Balaban J connectivity index is 1.97. The summed E-state index contributed by atoms with van der Waals surface area (Å²) in [7, 11) is 0. The summed E-state index contributed by atoms with van der Waals surface area (Å²) in [5, 5.41) is 2.33. The van der Waals surface area contributed by atoms with E-state index in [2.05, 4.69) is 60.7 Å². The number of aromatic nitrogens is 1. The molecule has 0 fully saturated rings. The van der Waals surface area contributed by atoms with E-state index < -0.39 is 0 Å². The molecular weight excluding hydrogens is 456 g/mol. The summed E-state index contributed by atoms with van der Waals surface area (Å²) >= 11 is 7.18. The first-order chi connectivity index (χ1) is 12.5. The van der Waals surface area contributed by atoms with E-state index in [4.69, 9.17) is 10.5 Å². The Morgan fingerprint density at radius 3 is 1.88 bits per heavy atom. The summed E-state index contributed by atoms with van der Waals surface area (Å²) in [6, 6.07) is 22.2. The number of nitrogens with two attached hydrogens (primary N) is 1. The molecule has 0 saturated heterocycles. The van der Waals surface area contributed by atoms with Crippen LogP contribution in [-0.4, -0.2) is 10.6 Å². The van der Waals surface area contributed by atoms with Crippen molar-refractivity contribution in [3.05, 3.63) is 75.7 Å². The molecule has 1 heterocycles. The van der Waals surface area contributed by atoms with Crippen molar-refractivity contribution >= 4 is 53.7 Å². The van der Waals surface area contributed by atoms with Crippen LogP contribution in [0.5, 0.6) is 5.75 Å². The molecule has 2 atom stereocenters. The molecule has 4 rings (SSSR count). The van der Waals surface area contributed by atoms with E-state index in [1.807, 2.05) is 49.4 Å². The van der Waals surface area contributed by atoms with Gasteiger partial charge < -0.3 is 15.0 Å². The fourth-order valence-electron chi connectivity index (χ4n) is 3.31. The molecule has 3 aromatic carbocycles. The van der Waals surface area contributed by atoms with Gasteiger partial charge in [-0.3, -0.25) is 0 Å². The second-order valence-corrected chi connectivity index (χ2v) is 8.20. The minimum Gasteiger partial charge on any atom is -0.469 e. The van der Waals surface area contributed by atoms with Crippen LogP contribution in [0.1, 0.15) is 13.2 Å². The Morgan fingerprint density at radius 2 is 1.38 bits per heavy atom. The van der Waals surface area contributed by atoms with Gasteiger partial charge in [0.05, 0.1) is 17.1 Å². The molecule has 0 aliphatic carbocycles. The molecule has 132 valence electrons. The zero-order chi connectivity index (χ0) is 18.3. The second-order valence-electron chi connectivity index (χ2n) is 6.37. The van der Waals surface area contributed by atoms with Crippen molar-refractivity contribution in [1.82, 2.24) is 4.57 Å². The van der Waals surface area contributed by atoms with Crippen LogP contribution in [0.4, 0.5) is 0 Å². The Morgan fingerprint density at radius 1 is 0.846 bits per heavy atom. The first-order valence-electron chi connectivity index (χ1n) is 8.40. The van der Waals surface area contributed by atoms with Crippen LogP contribution in [0.3, 0.4) is 0 Å². The number of nitrogens with zero attached hydrogens (tertiary/aromatic N) is 1. The van der Waals surface area contributed by atoms with Gasteiger partial charge in [0.1, 0.15) is 5.75 Å². The van der Waals surface area contributed by atoms with Gasteiger partial charge in [-0.25, -0.2) is 0 Å². The van der Waals surface area contributed by atoms with Gasteiger partial charge in [0.2, 0.25) is 0 Å². The lowest BCUT2D eigenvalue weighted by atomic mass is 10.2. The number of benzene rings is 3. The third-order valence-corrected chi connectivity index (χ3v) is 5.42. The molecule has 26 heavy (non-hydrogen) atoms. The highest BCUT2D eigenvalue weighted by Gasteiger charge is 2.23. The molecule has 0 radical (unpaired) electrons. The topological polar surface area (TPSA) is 40.2 Å². The molecule has 0 aliphatic heterocycles. The molecule has 0 spiro atoms. The van der Waals surface area contributed by atoms with Crippen molar-refractivity contribution in [2.75, 3.05) is 0 Å². The van der Waals surface area contributed by atoms with E-state index in [1.54, 1.807) is 0 Å². The van der Waals surface area contributed by atoms with E-state index in [-0.39, 0.29) is 12.3 Å². The van der Waals surface area contributed by atoms with Crippen LogP contribution in [0.2, 0.25) is 0 Å². The van der Waals surface area contributed by atoms with Gasteiger partial charge in [-0.05, 0) is 55.5 Å². The summed E-state index contributed by atoms with van der Waals surface area (Å²) < 4.78 is 10.6. The quantitative estimate of drug-likeness (QED) is 0.380. The first-order valence-corrected chi connectivity index (χ1v) is 9.99. The number of fused-ring (bicyclic) bond motifs is 3. The Bertz CT molecular complexity index is 1010. The van der Waals surface area contributed by atoms with Crippen molar-refractivity contribution < 1.29 is 4.74 Å². The fraction of sp³-hybridized carbons (Fsp3) is 0.143. The number of rotatable bonds is 4. The smallest absolute Gasteiger partial charge is 0.191 e. The fourth-order valence-corrected chi connectivity index (χ4v) is 4.03.